The third-order valence-corrected chi connectivity index (χ3v) is 1.90. The summed E-state index contributed by atoms with van der Waals surface area (Å²) in [6, 6.07) is 7.15. The molecule has 0 atom stereocenters. The summed E-state index contributed by atoms with van der Waals surface area (Å²) in [4.78, 5) is 11.3. The van der Waals surface area contributed by atoms with Gasteiger partial charge in [0.25, 0.3) is 5.91 Å². The zero-order valence-electron chi connectivity index (χ0n) is 9.56. The second-order valence-corrected chi connectivity index (χ2v) is 3.82. The minimum absolute atomic E-state index is 0.00688. The summed E-state index contributed by atoms with van der Waals surface area (Å²) in [7, 11) is 0. The lowest BCUT2D eigenvalue weighted by Crippen LogP contribution is -2.34. The van der Waals surface area contributed by atoms with Crippen LogP contribution in [0.15, 0.2) is 24.3 Å². The van der Waals surface area contributed by atoms with Gasteiger partial charge in [-0.25, -0.2) is 0 Å². The van der Waals surface area contributed by atoms with Gasteiger partial charge in [-0.2, -0.15) is 0 Å². The third-order valence-electron chi connectivity index (χ3n) is 1.90. The third kappa shape index (κ3) is 4.31. The zero-order valence-corrected chi connectivity index (χ0v) is 9.56. The van der Waals surface area contributed by atoms with Gasteiger partial charge in [0.05, 0.1) is 6.61 Å². The van der Waals surface area contributed by atoms with Gasteiger partial charge in [-0.1, -0.05) is 12.1 Å². The van der Waals surface area contributed by atoms with Crippen LogP contribution >= 0.6 is 0 Å². The average molecular weight is 223 g/mol. The van der Waals surface area contributed by atoms with E-state index in [1.54, 1.807) is 24.3 Å². The molecule has 16 heavy (non-hydrogen) atoms. The Morgan fingerprint density at radius 1 is 1.50 bits per heavy atom. The zero-order chi connectivity index (χ0) is 12.0. The van der Waals surface area contributed by atoms with E-state index in [0.29, 0.717) is 5.75 Å². The average Bonchev–Trinajstić information content (AvgIpc) is 2.26. The Morgan fingerprint density at radius 3 is 2.88 bits per heavy atom. The van der Waals surface area contributed by atoms with Crippen molar-refractivity contribution < 1.29 is 14.6 Å². The first-order valence-electron chi connectivity index (χ1n) is 5.24. The van der Waals surface area contributed by atoms with Gasteiger partial charge in [-0.15, -0.1) is 0 Å². The Morgan fingerprint density at radius 2 is 2.25 bits per heavy atom. The number of rotatable bonds is 5. The van der Waals surface area contributed by atoms with Crippen molar-refractivity contribution in [2.45, 2.75) is 26.5 Å². The molecule has 0 spiro atoms. The number of hydrogen-bond donors (Lipinski definition) is 2. The van der Waals surface area contributed by atoms with E-state index in [-0.39, 0.29) is 25.2 Å². The predicted molar refractivity (Wildman–Crippen MR) is 61.1 cm³/mol. The van der Waals surface area contributed by atoms with Gasteiger partial charge in [-0.05, 0) is 31.5 Å². The Hall–Kier alpha value is -1.55. The molecule has 0 heterocycles. The van der Waals surface area contributed by atoms with Crippen molar-refractivity contribution in [3.8, 4) is 5.75 Å². The number of amides is 1. The molecule has 0 unspecified atom stereocenters. The summed E-state index contributed by atoms with van der Waals surface area (Å²) in [6.07, 6.45) is 0. The molecule has 4 nitrogen and oxygen atoms in total. The van der Waals surface area contributed by atoms with Gasteiger partial charge in [0.1, 0.15) is 5.75 Å². The molecule has 88 valence electrons. The van der Waals surface area contributed by atoms with Crippen molar-refractivity contribution in [3.05, 3.63) is 29.8 Å². The Labute approximate surface area is 95.2 Å². The van der Waals surface area contributed by atoms with Gasteiger partial charge in [-0.3, -0.25) is 4.79 Å². The molecule has 1 rings (SSSR count). The lowest BCUT2D eigenvalue weighted by molar-refractivity contribution is -0.123. The van der Waals surface area contributed by atoms with E-state index >= 15 is 0 Å². The van der Waals surface area contributed by atoms with E-state index in [2.05, 4.69) is 5.32 Å². The number of aliphatic hydroxyl groups excluding tert-OH is 1. The molecule has 1 aromatic carbocycles. The van der Waals surface area contributed by atoms with Crippen LogP contribution in [0.5, 0.6) is 5.75 Å². The quantitative estimate of drug-likeness (QED) is 0.785. The van der Waals surface area contributed by atoms with E-state index in [1.165, 1.54) is 0 Å². The minimum atomic E-state index is -0.149. The summed E-state index contributed by atoms with van der Waals surface area (Å²) < 4.78 is 5.29. The SMILES string of the molecule is CC(C)NC(=O)COc1cccc(CO)c1. The fraction of sp³-hybridized carbons (Fsp3) is 0.417. The first kappa shape index (κ1) is 12.5. The van der Waals surface area contributed by atoms with Gasteiger partial charge in [0.2, 0.25) is 0 Å². The Kier molecular flexibility index (Phi) is 4.79. The number of carbonyl (C=O) groups excluding carboxylic acids is 1. The summed E-state index contributed by atoms with van der Waals surface area (Å²) in [5, 5.41) is 11.7. The number of ether oxygens (including phenoxy) is 1. The maximum absolute atomic E-state index is 11.3. The van der Waals surface area contributed by atoms with Crippen LogP contribution in [-0.4, -0.2) is 23.7 Å². The Bertz CT molecular complexity index is 350. The molecular formula is C12H17NO3. The van der Waals surface area contributed by atoms with Gasteiger partial charge < -0.3 is 15.2 Å². The van der Waals surface area contributed by atoms with E-state index in [4.69, 9.17) is 9.84 Å². The predicted octanol–water partition coefficient (Wildman–Crippen LogP) is 1.08. The Balaban J connectivity index is 2.45. The number of carbonyl (C=O) groups is 1. The fourth-order valence-electron chi connectivity index (χ4n) is 1.25. The van der Waals surface area contributed by atoms with Crippen molar-refractivity contribution in [2.75, 3.05) is 6.61 Å². The number of nitrogens with one attached hydrogen (secondary N) is 1. The van der Waals surface area contributed by atoms with Crippen LogP contribution in [0.1, 0.15) is 19.4 Å². The lowest BCUT2D eigenvalue weighted by atomic mass is 10.2. The maximum atomic E-state index is 11.3. The molecule has 0 bridgehead atoms. The van der Waals surface area contributed by atoms with Crippen LogP contribution in [0.25, 0.3) is 0 Å². The van der Waals surface area contributed by atoms with E-state index in [9.17, 15) is 4.79 Å². The van der Waals surface area contributed by atoms with Crippen LogP contribution in [0.2, 0.25) is 0 Å². The van der Waals surface area contributed by atoms with Gasteiger partial charge >= 0.3 is 0 Å². The van der Waals surface area contributed by atoms with Crippen molar-refractivity contribution >= 4 is 5.91 Å². The largest absolute Gasteiger partial charge is 0.484 e. The van der Waals surface area contributed by atoms with Crippen LogP contribution in [0, 0.1) is 0 Å². The van der Waals surface area contributed by atoms with Gasteiger partial charge in [0.15, 0.2) is 6.61 Å². The van der Waals surface area contributed by atoms with Crippen LogP contribution in [-0.2, 0) is 11.4 Å². The van der Waals surface area contributed by atoms with E-state index < -0.39 is 0 Å². The maximum Gasteiger partial charge on any atom is 0.258 e. The highest BCUT2D eigenvalue weighted by Gasteiger charge is 2.04. The molecular weight excluding hydrogens is 206 g/mol. The summed E-state index contributed by atoms with van der Waals surface area (Å²) in [5.41, 5.74) is 0.766. The summed E-state index contributed by atoms with van der Waals surface area (Å²) in [5.74, 6) is 0.440. The fourth-order valence-corrected chi connectivity index (χ4v) is 1.25. The van der Waals surface area contributed by atoms with E-state index in [1.807, 2.05) is 13.8 Å². The van der Waals surface area contributed by atoms with Crippen molar-refractivity contribution in [3.63, 3.8) is 0 Å². The molecule has 4 heteroatoms. The van der Waals surface area contributed by atoms with Crippen LogP contribution in [0.4, 0.5) is 0 Å². The number of hydrogen-bond acceptors (Lipinski definition) is 3. The first-order chi connectivity index (χ1) is 7.61. The van der Waals surface area contributed by atoms with Gasteiger partial charge in [0, 0.05) is 6.04 Å². The molecule has 2 N–H and O–H groups in total. The van der Waals surface area contributed by atoms with Crippen molar-refractivity contribution in [2.24, 2.45) is 0 Å². The minimum Gasteiger partial charge on any atom is -0.484 e. The topological polar surface area (TPSA) is 58.6 Å². The molecule has 0 aromatic heterocycles. The second kappa shape index (κ2) is 6.12. The summed E-state index contributed by atoms with van der Waals surface area (Å²) >= 11 is 0. The van der Waals surface area contributed by atoms with E-state index in [0.717, 1.165) is 5.56 Å². The highest BCUT2D eigenvalue weighted by Crippen LogP contribution is 2.12. The number of aliphatic hydroxyl groups is 1. The molecule has 0 aliphatic carbocycles. The normalized spacial score (nSPS) is 10.2. The molecule has 0 radical (unpaired) electrons. The number of benzene rings is 1. The first-order valence-corrected chi connectivity index (χ1v) is 5.24. The molecule has 0 saturated heterocycles. The molecule has 0 saturated carbocycles. The molecule has 0 aliphatic heterocycles. The van der Waals surface area contributed by atoms with Crippen LogP contribution < -0.4 is 10.1 Å². The van der Waals surface area contributed by atoms with Crippen molar-refractivity contribution in [1.82, 2.24) is 5.32 Å². The second-order valence-electron chi connectivity index (χ2n) is 3.82. The van der Waals surface area contributed by atoms with Crippen molar-refractivity contribution in [1.29, 1.82) is 0 Å². The molecule has 0 fully saturated rings. The molecule has 0 aliphatic rings. The highest BCUT2D eigenvalue weighted by atomic mass is 16.5. The molecule has 1 amide bonds. The standard InChI is InChI=1S/C12H17NO3/c1-9(2)13-12(15)8-16-11-5-3-4-10(6-11)7-14/h3-6,9,14H,7-8H2,1-2H3,(H,13,15). The lowest BCUT2D eigenvalue weighted by Gasteiger charge is -2.10. The summed E-state index contributed by atoms with van der Waals surface area (Å²) in [6.45, 7) is 3.75. The van der Waals surface area contributed by atoms with Crippen LogP contribution in [0.3, 0.4) is 0 Å². The molecule has 1 aromatic rings. The smallest absolute Gasteiger partial charge is 0.258 e. The highest BCUT2D eigenvalue weighted by molar-refractivity contribution is 5.77. The monoisotopic (exact) mass is 223 g/mol.